The van der Waals surface area contributed by atoms with Crippen molar-refractivity contribution >= 4 is 0 Å². The van der Waals surface area contributed by atoms with Gasteiger partial charge in [-0.25, -0.2) is 0 Å². The van der Waals surface area contributed by atoms with Gasteiger partial charge in [-0.1, -0.05) is 26.0 Å². The highest BCUT2D eigenvalue weighted by Crippen LogP contribution is 2.07. The third-order valence-corrected chi connectivity index (χ3v) is 1.88. The SMILES string of the molecule is C=C(CC)CCCCNCC. The molecule has 0 heterocycles. The number of allylic oxidation sites excluding steroid dienone is 1. The average Bonchev–Trinajstić information content (AvgIpc) is 2.04. The molecule has 0 amide bonds. The van der Waals surface area contributed by atoms with Crippen molar-refractivity contribution in [3.8, 4) is 0 Å². The lowest BCUT2D eigenvalue weighted by Crippen LogP contribution is -2.13. The summed E-state index contributed by atoms with van der Waals surface area (Å²) in [6, 6.07) is 0. The predicted octanol–water partition coefficient (Wildman–Crippen LogP) is 2.73. The van der Waals surface area contributed by atoms with Crippen LogP contribution in [-0.2, 0) is 0 Å². The Morgan fingerprint density at radius 2 is 2.00 bits per heavy atom. The molecule has 0 fully saturated rings. The third-order valence-electron chi connectivity index (χ3n) is 1.88. The molecule has 0 aromatic rings. The lowest BCUT2D eigenvalue weighted by molar-refractivity contribution is 0.635. The highest BCUT2D eigenvalue weighted by molar-refractivity contribution is 4.91. The molecule has 1 N–H and O–H groups in total. The molecule has 0 unspecified atom stereocenters. The molecule has 0 rings (SSSR count). The molecule has 0 aromatic carbocycles. The maximum atomic E-state index is 3.97. The van der Waals surface area contributed by atoms with Gasteiger partial charge in [-0.05, 0) is 38.8 Å². The number of hydrogen-bond acceptors (Lipinski definition) is 1. The van der Waals surface area contributed by atoms with Gasteiger partial charge < -0.3 is 5.32 Å². The molecule has 66 valence electrons. The normalized spacial score (nSPS) is 10.0. The number of unbranched alkanes of at least 4 members (excludes halogenated alkanes) is 1. The molecule has 0 atom stereocenters. The molecule has 1 heteroatoms. The molecule has 0 aliphatic heterocycles. The van der Waals surface area contributed by atoms with Crippen LogP contribution < -0.4 is 5.32 Å². The van der Waals surface area contributed by atoms with E-state index in [1.165, 1.54) is 24.8 Å². The maximum Gasteiger partial charge on any atom is -0.00489 e. The van der Waals surface area contributed by atoms with Gasteiger partial charge in [-0.2, -0.15) is 0 Å². The molecule has 0 aliphatic rings. The van der Waals surface area contributed by atoms with Gasteiger partial charge in [-0.3, -0.25) is 0 Å². The van der Waals surface area contributed by atoms with Crippen molar-refractivity contribution < 1.29 is 0 Å². The second-order valence-corrected chi connectivity index (χ2v) is 2.91. The van der Waals surface area contributed by atoms with E-state index in [0.29, 0.717) is 0 Å². The molecule has 0 aromatic heterocycles. The summed E-state index contributed by atoms with van der Waals surface area (Å²) in [4.78, 5) is 0. The van der Waals surface area contributed by atoms with Crippen molar-refractivity contribution in [2.75, 3.05) is 13.1 Å². The van der Waals surface area contributed by atoms with Gasteiger partial charge in [0.25, 0.3) is 0 Å². The fourth-order valence-corrected chi connectivity index (χ4v) is 0.979. The third kappa shape index (κ3) is 7.60. The van der Waals surface area contributed by atoms with Crippen LogP contribution in [0.3, 0.4) is 0 Å². The van der Waals surface area contributed by atoms with Crippen molar-refractivity contribution in [2.24, 2.45) is 0 Å². The highest BCUT2D eigenvalue weighted by Gasteiger charge is 1.90. The summed E-state index contributed by atoms with van der Waals surface area (Å²) in [5, 5.41) is 3.31. The minimum Gasteiger partial charge on any atom is -0.317 e. The molecule has 0 spiro atoms. The summed E-state index contributed by atoms with van der Waals surface area (Å²) in [5.74, 6) is 0. The molecule has 0 saturated carbocycles. The summed E-state index contributed by atoms with van der Waals surface area (Å²) < 4.78 is 0. The first-order chi connectivity index (χ1) is 5.31. The largest absolute Gasteiger partial charge is 0.317 e. The second-order valence-electron chi connectivity index (χ2n) is 2.91. The summed E-state index contributed by atoms with van der Waals surface area (Å²) in [5.41, 5.74) is 1.39. The number of hydrogen-bond donors (Lipinski definition) is 1. The minimum atomic E-state index is 1.09. The highest BCUT2D eigenvalue weighted by atomic mass is 14.8. The standard InChI is InChI=1S/C10H21N/c1-4-10(3)8-6-7-9-11-5-2/h11H,3-9H2,1-2H3. The van der Waals surface area contributed by atoms with Crippen LogP contribution in [0.5, 0.6) is 0 Å². The van der Waals surface area contributed by atoms with E-state index in [0.717, 1.165) is 19.5 Å². The zero-order chi connectivity index (χ0) is 8.53. The monoisotopic (exact) mass is 155 g/mol. The van der Waals surface area contributed by atoms with Crippen molar-refractivity contribution in [1.82, 2.24) is 5.32 Å². The van der Waals surface area contributed by atoms with Gasteiger partial charge in [0.2, 0.25) is 0 Å². The Balaban J connectivity index is 2.95. The Labute approximate surface area is 70.9 Å². The van der Waals surface area contributed by atoms with Crippen LogP contribution >= 0.6 is 0 Å². The van der Waals surface area contributed by atoms with Gasteiger partial charge in [0, 0.05) is 0 Å². The first-order valence-electron chi connectivity index (χ1n) is 4.68. The van der Waals surface area contributed by atoms with E-state index < -0.39 is 0 Å². The van der Waals surface area contributed by atoms with Crippen LogP contribution in [0.25, 0.3) is 0 Å². The Hall–Kier alpha value is -0.300. The number of nitrogens with one attached hydrogen (secondary N) is 1. The predicted molar refractivity (Wildman–Crippen MR) is 51.8 cm³/mol. The lowest BCUT2D eigenvalue weighted by atomic mass is 10.1. The Bertz CT molecular complexity index is 97.0. The first-order valence-corrected chi connectivity index (χ1v) is 4.68. The molecular weight excluding hydrogens is 134 g/mol. The molecule has 0 aliphatic carbocycles. The van der Waals surface area contributed by atoms with E-state index in [1.54, 1.807) is 0 Å². The summed E-state index contributed by atoms with van der Waals surface area (Å²) in [6.07, 6.45) is 4.93. The van der Waals surface area contributed by atoms with E-state index in [9.17, 15) is 0 Å². The van der Waals surface area contributed by atoms with Crippen LogP contribution in [0.4, 0.5) is 0 Å². The van der Waals surface area contributed by atoms with Gasteiger partial charge in [0.15, 0.2) is 0 Å². The molecule has 1 nitrogen and oxygen atoms in total. The van der Waals surface area contributed by atoms with Gasteiger partial charge in [0.1, 0.15) is 0 Å². The van der Waals surface area contributed by atoms with Crippen molar-refractivity contribution in [3.05, 3.63) is 12.2 Å². The van der Waals surface area contributed by atoms with Crippen LogP contribution in [0.15, 0.2) is 12.2 Å². The summed E-state index contributed by atoms with van der Waals surface area (Å²) in [6.45, 7) is 10.5. The average molecular weight is 155 g/mol. The summed E-state index contributed by atoms with van der Waals surface area (Å²) >= 11 is 0. The molecule has 0 radical (unpaired) electrons. The smallest absolute Gasteiger partial charge is 0.00489 e. The number of rotatable bonds is 7. The Morgan fingerprint density at radius 3 is 2.55 bits per heavy atom. The Morgan fingerprint density at radius 1 is 1.27 bits per heavy atom. The fraction of sp³-hybridized carbons (Fsp3) is 0.800. The lowest BCUT2D eigenvalue weighted by Gasteiger charge is -2.02. The van der Waals surface area contributed by atoms with Crippen molar-refractivity contribution in [2.45, 2.75) is 39.5 Å². The zero-order valence-corrected chi connectivity index (χ0v) is 7.95. The second kappa shape index (κ2) is 7.80. The van der Waals surface area contributed by atoms with E-state index >= 15 is 0 Å². The Kier molecular flexibility index (Phi) is 7.59. The van der Waals surface area contributed by atoms with E-state index in [-0.39, 0.29) is 0 Å². The zero-order valence-electron chi connectivity index (χ0n) is 7.95. The van der Waals surface area contributed by atoms with Crippen molar-refractivity contribution in [1.29, 1.82) is 0 Å². The van der Waals surface area contributed by atoms with Gasteiger partial charge in [0.05, 0.1) is 0 Å². The van der Waals surface area contributed by atoms with E-state index in [1.807, 2.05) is 0 Å². The quantitative estimate of drug-likeness (QED) is 0.440. The molecule has 0 saturated heterocycles. The molecule has 0 bridgehead atoms. The molecule has 11 heavy (non-hydrogen) atoms. The summed E-state index contributed by atoms with van der Waals surface area (Å²) in [7, 11) is 0. The first kappa shape index (κ1) is 10.7. The maximum absolute atomic E-state index is 3.97. The van der Waals surface area contributed by atoms with Gasteiger partial charge in [-0.15, -0.1) is 0 Å². The van der Waals surface area contributed by atoms with E-state index in [4.69, 9.17) is 0 Å². The van der Waals surface area contributed by atoms with Crippen LogP contribution in [0, 0.1) is 0 Å². The van der Waals surface area contributed by atoms with Crippen LogP contribution in [-0.4, -0.2) is 13.1 Å². The fourth-order valence-electron chi connectivity index (χ4n) is 0.979. The van der Waals surface area contributed by atoms with Gasteiger partial charge >= 0.3 is 0 Å². The molecular formula is C10H21N. The van der Waals surface area contributed by atoms with Crippen molar-refractivity contribution in [3.63, 3.8) is 0 Å². The van der Waals surface area contributed by atoms with Crippen LogP contribution in [0.2, 0.25) is 0 Å². The van der Waals surface area contributed by atoms with E-state index in [2.05, 4.69) is 25.7 Å². The minimum absolute atomic E-state index is 1.09. The topological polar surface area (TPSA) is 12.0 Å². The van der Waals surface area contributed by atoms with Crippen LogP contribution in [0.1, 0.15) is 39.5 Å².